The van der Waals surface area contributed by atoms with Gasteiger partial charge < -0.3 is 14.5 Å². The lowest BCUT2D eigenvalue weighted by Crippen LogP contribution is -2.34. The van der Waals surface area contributed by atoms with Gasteiger partial charge in [-0.15, -0.1) is 0 Å². The Bertz CT molecular complexity index is 890. The van der Waals surface area contributed by atoms with Crippen molar-refractivity contribution in [1.29, 1.82) is 0 Å². The van der Waals surface area contributed by atoms with E-state index >= 15 is 0 Å². The van der Waals surface area contributed by atoms with Crippen molar-refractivity contribution in [2.75, 3.05) is 30.8 Å². The van der Waals surface area contributed by atoms with E-state index in [2.05, 4.69) is 14.7 Å². The molecule has 1 fully saturated rings. The Balaban J connectivity index is 1.67. The third kappa shape index (κ3) is 4.81. The molecule has 2 heterocycles. The quantitative estimate of drug-likeness (QED) is 0.512. The first-order valence-electron chi connectivity index (χ1n) is 8.29. The van der Waals surface area contributed by atoms with E-state index < -0.39 is 21.1 Å². The van der Waals surface area contributed by atoms with Gasteiger partial charge in [-0.3, -0.25) is 14.8 Å². The number of methoxy groups -OCH3 is 1. The van der Waals surface area contributed by atoms with Crippen molar-refractivity contribution in [2.45, 2.75) is 12.5 Å². The second-order valence-corrected chi connectivity index (χ2v) is 8.00. The number of benzene rings is 1. The number of ether oxygens (including phenoxy) is 2. The number of hydrogen-bond acceptors (Lipinski definition) is 7. The monoisotopic (exact) mass is 396 g/mol. The van der Waals surface area contributed by atoms with Crippen LogP contribution >= 0.6 is 0 Å². The van der Waals surface area contributed by atoms with Crippen LogP contribution in [0.25, 0.3) is 11.3 Å². The molecular formula is C16H20N4O6S. The van der Waals surface area contributed by atoms with Crippen molar-refractivity contribution in [1.82, 2.24) is 9.97 Å². The highest BCUT2D eigenvalue weighted by atomic mass is 32.2. The number of sulfonamides is 1. The zero-order chi connectivity index (χ0) is 19.4. The van der Waals surface area contributed by atoms with Gasteiger partial charge in [-0.25, -0.2) is 13.4 Å². The number of hydrogen-bond donors (Lipinski definition) is 2. The molecule has 0 bridgehead atoms. The number of H-pyrrole nitrogens is 1. The van der Waals surface area contributed by atoms with Crippen molar-refractivity contribution in [2.24, 2.45) is 5.92 Å². The summed E-state index contributed by atoms with van der Waals surface area (Å²) in [5.74, 6) is -0.0924. The van der Waals surface area contributed by atoms with Gasteiger partial charge in [0, 0.05) is 37.3 Å². The van der Waals surface area contributed by atoms with E-state index in [-0.39, 0.29) is 23.3 Å². The number of nitrogens with one attached hydrogen (secondary N) is 2. The minimum absolute atomic E-state index is 0.0271. The molecule has 1 aromatic carbocycles. The second kappa shape index (κ2) is 8.03. The summed E-state index contributed by atoms with van der Waals surface area (Å²) in [7, 11) is -2.20. The molecule has 3 rings (SSSR count). The van der Waals surface area contributed by atoms with Gasteiger partial charge >= 0.3 is 0 Å². The van der Waals surface area contributed by atoms with E-state index in [1.54, 1.807) is 12.1 Å². The molecule has 0 amide bonds. The highest BCUT2D eigenvalue weighted by Crippen LogP contribution is 2.23. The normalized spacial score (nSPS) is 18.3. The van der Waals surface area contributed by atoms with E-state index in [9.17, 15) is 18.5 Å². The van der Waals surface area contributed by atoms with Crippen LogP contribution in [0.4, 0.5) is 11.6 Å². The highest BCUT2D eigenvalue weighted by Gasteiger charge is 2.30. The summed E-state index contributed by atoms with van der Waals surface area (Å²) < 4.78 is 37.9. The number of aromatic amines is 1. The average molecular weight is 396 g/mol. The summed E-state index contributed by atoms with van der Waals surface area (Å²) >= 11 is 0. The summed E-state index contributed by atoms with van der Waals surface area (Å²) in [5, 5.41) is 10.7. The Kier molecular flexibility index (Phi) is 5.73. The first-order chi connectivity index (χ1) is 12.9. The first kappa shape index (κ1) is 19.3. The molecule has 0 aliphatic carbocycles. The van der Waals surface area contributed by atoms with E-state index in [4.69, 9.17) is 9.47 Å². The Morgan fingerprint density at radius 3 is 2.78 bits per heavy atom. The SMILES string of the molecule is COC(CS(=O)(=O)Nc1ncc(-c2ccc([N+](=O)[O-])cc2)[nH]1)C1CCOC1. The van der Waals surface area contributed by atoms with Gasteiger partial charge in [-0.05, 0) is 18.6 Å². The van der Waals surface area contributed by atoms with Crippen LogP contribution in [-0.2, 0) is 19.5 Å². The van der Waals surface area contributed by atoms with Crippen LogP contribution in [0.3, 0.4) is 0 Å². The average Bonchev–Trinajstić information content (AvgIpc) is 3.31. The molecule has 11 heteroatoms. The molecule has 2 N–H and O–H groups in total. The van der Waals surface area contributed by atoms with Crippen molar-refractivity contribution < 1.29 is 22.8 Å². The smallest absolute Gasteiger partial charge is 0.269 e. The van der Waals surface area contributed by atoms with E-state index in [1.165, 1.54) is 25.4 Å². The standard InChI is InChI=1S/C16H20N4O6S/c1-25-15(12-6-7-26-9-12)10-27(23,24)19-16-17-8-14(18-16)11-2-4-13(5-3-11)20(21)22/h2-5,8,12,15H,6-7,9-10H2,1H3,(H2,17,18,19). The Hall–Kier alpha value is -2.50. The van der Waals surface area contributed by atoms with Gasteiger partial charge in [0.05, 0.1) is 35.3 Å². The number of rotatable bonds is 8. The molecule has 1 aliphatic heterocycles. The first-order valence-corrected chi connectivity index (χ1v) is 9.94. The Labute approximate surface area is 156 Å². The maximum Gasteiger partial charge on any atom is 0.269 e. The number of nitro groups is 1. The Morgan fingerprint density at radius 2 is 2.19 bits per heavy atom. The van der Waals surface area contributed by atoms with Gasteiger partial charge in [0.1, 0.15) is 0 Å². The largest absolute Gasteiger partial charge is 0.381 e. The van der Waals surface area contributed by atoms with E-state index in [0.717, 1.165) is 6.42 Å². The molecule has 2 atom stereocenters. The molecule has 2 unspecified atom stereocenters. The zero-order valence-corrected chi connectivity index (χ0v) is 15.4. The van der Waals surface area contributed by atoms with Crippen LogP contribution < -0.4 is 4.72 Å². The lowest BCUT2D eigenvalue weighted by molar-refractivity contribution is -0.384. The number of aromatic nitrogens is 2. The summed E-state index contributed by atoms with van der Waals surface area (Å²) in [6.07, 6.45) is 1.76. The number of nitro benzene ring substituents is 1. The van der Waals surface area contributed by atoms with Crippen molar-refractivity contribution >= 4 is 21.7 Å². The fourth-order valence-corrected chi connectivity index (χ4v) is 4.25. The van der Waals surface area contributed by atoms with Crippen molar-refractivity contribution in [3.63, 3.8) is 0 Å². The maximum atomic E-state index is 12.4. The van der Waals surface area contributed by atoms with Crippen molar-refractivity contribution in [3.05, 3.63) is 40.6 Å². The molecule has 2 aromatic rings. The van der Waals surface area contributed by atoms with Crippen LogP contribution in [-0.4, -0.2) is 55.5 Å². The predicted molar refractivity (Wildman–Crippen MR) is 97.8 cm³/mol. The summed E-state index contributed by atoms with van der Waals surface area (Å²) in [5.41, 5.74) is 1.16. The lowest BCUT2D eigenvalue weighted by Gasteiger charge is -2.20. The van der Waals surface area contributed by atoms with Gasteiger partial charge in [-0.1, -0.05) is 0 Å². The van der Waals surface area contributed by atoms with Crippen LogP contribution in [0, 0.1) is 16.0 Å². The van der Waals surface area contributed by atoms with Gasteiger partial charge in [0.2, 0.25) is 16.0 Å². The third-order valence-corrected chi connectivity index (χ3v) is 5.67. The number of imidazole rings is 1. The van der Waals surface area contributed by atoms with Gasteiger partial charge in [0.15, 0.2) is 0 Å². The van der Waals surface area contributed by atoms with E-state index in [0.29, 0.717) is 24.5 Å². The van der Waals surface area contributed by atoms with Crippen molar-refractivity contribution in [3.8, 4) is 11.3 Å². The zero-order valence-electron chi connectivity index (χ0n) is 14.6. The maximum absolute atomic E-state index is 12.4. The Morgan fingerprint density at radius 1 is 1.44 bits per heavy atom. The van der Waals surface area contributed by atoms with E-state index in [1.807, 2.05) is 0 Å². The van der Waals surface area contributed by atoms with Gasteiger partial charge in [-0.2, -0.15) is 0 Å². The molecule has 146 valence electrons. The van der Waals surface area contributed by atoms with Crippen LogP contribution in [0.1, 0.15) is 6.42 Å². The highest BCUT2D eigenvalue weighted by molar-refractivity contribution is 7.92. The summed E-state index contributed by atoms with van der Waals surface area (Å²) in [4.78, 5) is 17.1. The summed E-state index contributed by atoms with van der Waals surface area (Å²) in [6, 6.07) is 5.86. The molecule has 1 saturated heterocycles. The lowest BCUT2D eigenvalue weighted by atomic mass is 10.0. The number of non-ortho nitro benzene ring substituents is 1. The molecule has 0 spiro atoms. The molecule has 0 radical (unpaired) electrons. The molecule has 0 saturated carbocycles. The predicted octanol–water partition coefficient (Wildman–Crippen LogP) is 1.78. The summed E-state index contributed by atoms with van der Waals surface area (Å²) in [6.45, 7) is 1.09. The fourth-order valence-electron chi connectivity index (χ4n) is 2.93. The van der Waals surface area contributed by atoms with Crippen LogP contribution in [0.15, 0.2) is 30.5 Å². The molecule has 10 nitrogen and oxygen atoms in total. The van der Waals surface area contributed by atoms with Crippen LogP contribution in [0.2, 0.25) is 0 Å². The van der Waals surface area contributed by atoms with Crippen LogP contribution in [0.5, 0.6) is 0 Å². The topological polar surface area (TPSA) is 136 Å². The number of nitrogens with zero attached hydrogens (tertiary/aromatic N) is 2. The third-order valence-electron chi connectivity index (χ3n) is 4.39. The number of anilines is 1. The molecule has 27 heavy (non-hydrogen) atoms. The molecule has 1 aromatic heterocycles. The molecule has 1 aliphatic rings. The minimum Gasteiger partial charge on any atom is -0.381 e. The molecular weight excluding hydrogens is 376 g/mol. The van der Waals surface area contributed by atoms with Gasteiger partial charge in [0.25, 0.3) is 5.69 Å². The fraction of sp³-hybridized carbons (Fsp3) is 0.438. The second-order valence-electron chi connectivity index (χ2n) is 6.23. The minimum atomic E-state index is -3.68.